The molecule has 0 spiro atoms. The highest BCUT2D eigenvalue weighted by Crippen LogP contribution is 2.51. The average molecular weight is 729 g/mol. The summed E-state index contributed by atoms with van der Waals surface area (Å²) < 4.78 is 9.34. The minimum Gasteiger partial charge on any atom is -0.454 e. The van der Waals surface area contributed by atoms with Crippen LogP contribution in [0.3, 0.4) is 0 Å². The molecular formula is C54H36N2O. The van der Waals surface area contributed by atoms with E-state index in [0.717, 1.165) is 72.0 Å². The summed E-state index contributed by atoms with van der Waals surface area (Å²) in [5.74, 6) is 0. The van der Waals surface area contributed by atoms with E-state index in [4.69, 9.17) is 9.40 Å². The van der Waals surface area contributed by atoms with Crippen molar-refractivity contribution < 1.29 is 4.42 Å². The Morgan fingerprint density at radius 3 is 2.05 bits per heavy atom. The number of nitrogens with zero attached hydrogens (tertiary/aromatic N) is 2. The highest BCUT2D eigenvalue weighted by molar-refractivity contribution is 6.16. The normalized spacial score (nSPS) is 13.2. The van der Waals surface area contributed by atoms with E-state index in [1.165, 1.54) is 44.1 Å². The van der Waals surface area contributed by atoms with Gasteiger partial charge >= 0.3 is 0 Å². The predicted octanol–water partition coefficient (Wildman–Crippen LogP) is 14.5. The molecule has 57 heavy (non-hydrogen) atoms. The molecule has 0 unspecified atom stereocenters. The molecule has 0 saturated heterocycles. The molecule has 268 valence electrons. The van der Waals surface area contributed by atoms with E-state index in [1.54, 1.807) is 0 Å². The Balaban J connectivity index is 1.03. The molecule has 0 N–H and O–H groups in total. The number of fused-ring (bicyclic) bond motifs is 10. The SMILES string of the molecule is CC1(C)c2ccccc2-c2cc3c(cc21)c1ccccc1n3-c1cccc2c1oc1cccc(-c3ccc(-c4cc5ccccc5nc4-c4ccccc4)cc3)c12. The van der Waals surface area contributed by atoms with Crippen molar-refractivity contribution in [3.05, 3.63) is 193 Å². The Morgan fingerprint density at radius 1 is 0.474 bits per heavy atom. The minimum absolute atomic E-state index is 0.0762. The van der Waals surface area contributed by atoms with Crippen LogP contribution in [0.25, 0.3) is 105 Å². The van der Waals surface area contributed by atoms with Gasteiger partial charge in [-0.15, -0.1) is 0 Å². The largest absolute Gasteiger partial charge is 0.454 e. The van der Waals surface area contributed by atoms with Crippen LogP contribution in [-0.2, 0) is 5.41 Å². The van der Waals surface area contributed by atoms with Crippen LogP contribution in [0.1, 0.15) is 25.0 Å². The molecule has 3 nitrogen and oxygen atoms in total. The van der Waals surface area contributed by atoms with E-state index >= 15 is 0 Å². The number of pyridine rings is 1. The van der Waals surface area contributed by atoms with Gasteiger partial charge in [-0.1, -0.05) is 153 Å². The first-order chi connectivity index (χ1) is 28.0. The van der Waals surface area contributed by atoms with Crippen LogP contribution in [0.2, 0.25) is 0 Å². The Morgan fingerprint density at radius 2 is 1.18 bits per heavy atom. The molecule has 0 bridgehead atoms. The average Bonchev–Trinajstić information content (AvgIpc) is 3.88. The number of para-hydroxylation sites is 3. The smallest absolute Gasteiger partial charge is 0.159 e. The van der Waals surface area contributed by atoms with Crippen molar-refractivity contribution in [2.45, 2.75) is 19.3 Å². The fraction of sp³-hybridized carbons (Fsp3) is 0.0556. The summed E-state index contributed by atoms with van der Waals surface area (Å²) >= 11 is 0. The van der Waals surface area contributed by atoms with Gasteiger partial charge in [-0.3, -0.25) is 0 Å². The standard InChI is InChI=1S/C54H36N2O/c1-54(2)44-21-9-7-17-38(44)42-32-49-43(31-45(42)54)39-18-8-11-23-47(39)56(49)48-24-12-20-40-51-37(19-13-25-50(51)57-53(40)48)33-26-28-34(29-27-33)41-30-36-16-6-10-22-46(36)55-52(41)35-14-4-3-5-15-35/h3-32H,1-2H3. The zero-order valence-corrected chi connectivity index (χ0v) is 31.6. The van der Waals surface area contributed by atoms with Crippen LogP contribution in [0.4, 0.5) is 0 Å². The highest BCUT2D eigenvalue weighted by atomic mass is 16.3. The maximum absolute atomic E-state index is 6.92. The van der Waals surface area contributed by atoms with Gasteiger partial charge in [0.2, 0.25) is 0 Å². The van der Waals surface area contributed by atoms with E-state index in [9.17, 15) is 0 Å². The molecule has 8 aromatic carbocycles. The van der Waals surface area contributed by atoms with Crippen molar-refractivity contribution in [2.24, 2.45) is 0 Å². The fourth-order valence-corrected chi connectivity index (χ4v) is 9.65. The third-order valence-electron chi connectivity index (χ3n) is 12.4. The minimum atomic E-state index is -0.0762. The predicted molar refractivity (Wildman–Crippen MR) is 237 cm³/mol. The van der Waals surface area contributed by atoms with Crippen molar-refractivity contribution >= 4 is 54.6 Å². The summed E-state index contributed by atoms with van der Waals surface area (Å²) in [7, 11) is 0. The van der Waals surface area contributed by atoms with Gasteiger partial charge in [0.05, 0.1) is 27.9 Å². The second-order valence-electron chi connectivity index (χ2n) is 15.9. The maximum atomic E-state index is 6.92. The molecule has 12 rings (SSSR count). The third-order valence-corrected chi connectivity index (χ3v) is 12.4. The number of hydrogen-bond acceptors (Lipinski definition) is 2. The van der Waals surface area contributed by atoms with Crippen molar-refractivity contribution in [1.82, 2.24) is 9.55 Å². The molecule has 0 atom stereocenters. The Kier molecular flexibility index (Phi) is 6.68. The van der Waals surface area contributed by atoms with Crippen LogP contribution < -0.4 is 0 Å². The molecule has 3 heterocycles. The number of hydrogen-bond donors (Lipinski definition) is 0. The fourth-order valence-electron chi connectivity index (χ4n) is 9.65. The van der Waals surface area contributed by atoms with Gasteiger partial charge < -0.3 is 8.98 Å². The van der Waals surface area contributed by atoms with Crippen LogP contribution in [-0.4, -0.2) is 9.55 Å². The van der Waals surface area contributed by atoms with Gasteiger partial charge in [0.25, 0.3) is 0 Å². The van der Waals surface area contributed by atoms with E-state index in [-0.39, 0.29) is 5.41 Å². The number of furan rings is 1. The van der Waals surface area contributed by atoms with Gasteiger partial charge in [0.15, 0.2) is 5.58 Å². The maximum Gasteiger partial charge on any atom is 0.159 e. The summed E-state index contributed by atoms with van der Waals surface area (Å²) in [6, 6.07) is 65.6. The van der Waals surface area contributed by atoms with Crippen molar-refractivity contribution in [2.75, 3.05) is 0 Å². The molecule has 11 aromatic rings. The molecule has 1 aliphatic rings. The van der Waals surface area contributed by atoms with E-state index in [0.29, 0.717) is 0 Å². The van der Waals surface area contributed by atoms with Gasteiger partial charge in [-0.2, -0.15) is 0 Å². The van der Waals surface area contributed by atoms with E-state index in [2.05, 4.69) is 200 Å². The lowest BCUT2D eigenvalue weighted by atomic mass is 9.82. The second-order valence-corrected chi connectivity index (χ2v) is 15.9. The van der Waals surface area contributed by atoms with E-state index in [1.807, 2.05) is 0 Å². The summed E-state index contributed by atoms with van der Waals surface area (Å²) in [5, 5.41) is 5.86. The quantitative estimate of drug-likeness (QED) is 0.181. The molecule has 0 fully saturated rings. The molecule has 0 radical (unpaired) electrons. The third kappa shape index (κ3) is 4.63. The van der Waals surface area contributed by atoms with Gasteiger partial charge in [-0.25, -0.2) is 4.98 Å². The van der Waals surface area contributed by atoms with Gasteiger partial charge in [0.1, 0.15) is 5.58 Å². The number of aromatic nitrogens is 2. The van der Waals surface area contributed by atoms with E-state index < -0.39 is 0 Å². The molecular weight excluding hydrogens is 693 g/mol. The first-order valence-corrected chi connectivity index (χ1v) is 19.7. The topological polar surface area (TPSA) is 31.0 Å². The monoisotopic (exact) mass is 728 g/mol. The van der Waals surface area contributed by atoms with Crippen LogP contribution in [0.15, 0.2) is 186 Å². The molecule has 3 aromatic heterocycles. The first kappa shape index (κ1) is 32.1. The zero-order valence-electron chi connectivity index (χ0n) is 31.6. The van der Waals surface area contributed by atoms with Crippen molar-refractivity contribution in [3.8, 4) is 50.3 Å². The highest BCUT2D eigenvalue weighted by Gasteiger charge is 2.36. The molecule has 0 aliphatic heterocycles. The lowest BCUT2D eigenvalue weighted by Crippen LogP contribution is -2.14. The lowest BCUT2D eigenvalue weighted by molar-refractivity contribution is 0.661. The summed E-state index contributed by atoms with van der Waals surface area (Å²) in [6.07, 6.45) is 0. The molecule has 0 saturated carbocycles. The lowest BCUT2D eigenvalue weighted by Gasteiger charge is -2.21. The Labute approximate surface area is 330 Å². The Bertz CT molecular complexity index is 3420. The van der Waals surface area contributed by atoms with Gasteiger partial charge in [-0.05, 0) is 81.4 Å². The van der Waals surface area contributed by atoms with Crippen molar-refractivity contribution in [3.63, 3.8) is 0 Å². The second kappa shape index (κ2) is 11.9. The Hall–Kier alpha value is -7.23. The number of benzene rings is 8. The molecule has 1 aliphatic carbocycles. The van der Waals surface area contributed by atoms with Crippen LogP contribution in [0, 0.1) is 0 Å². The summed E-state index contributed by atoms with van der Waals surface area (Å²) in [4.78, 5) is 5.16. The molecule has 3 heteroatoms. The zero-order chi connectivity index (χ0) is 37.8. The van der Waals surface area contributed by atoms with Gasteiger partial charge in [0, 0.05) is 43.5 Å². The number of rotatable bonds is 4. The van der Waals surface area contributed by atoms with Crippen molar-refractivity contribution in [1.29, 1.82) is 0 Å². The first-order valence-electron chi connectivity index (χ1n) is 19.7. The molecule has 0 amide bonds. The van der Waals surface area contributed by atoms with Crippen LogP contribution >= 0.6 is 0 Å². The summed E-state index contributed by atoms with van der Waals surface area (Å²) in [5.41, 5.74) is 18.1. The van der Waals surface area contributed by atoms with Crippen LogP contribution in [0.5, 0.6) is 0 Å². The summed E-state index contributed by atoms with van der Waals surface area (Å²) in [6.45, 7) is 4.71.